The second-order valence-electron chi connectivity index (χ2n) is 18.0. The Kier molecular flexibility index (Phi) is 13.4. The Balaban J connectivity index is 1.18. The standard InChI is InChI=1S/C57H60N2O4/c1-56(40-42-22-8-3-9-23-42)50(58(38-20-6-14-32-52(60)61)48-36-34-44-26-16-18-28-46(44)54(48)56)30-12-5-13-31-51-57(2,41-43-24-10-4-11-25-43)55-47-29-19-17-27-45(47)35-37-49(55)59(51)39-21-7-15-33-53(62)63/h3-5,8-13,16-19,22-31,34,36H,6-7,14-15,20-21,32-33,35,37-41H2,1-2H3,(H-,60,61,62,63)/p+1. The zero-order chi connectivity index (χ0) is 43.8. The lowest BCUT2D eigenvalue weighted by Gasteiger charge is -2.33. The second-order valence-corrected chi connectivity index (χ2v) is 18.0. The summed E-state index contributed by atoms with van der Waals surface area (Å²) in [5, 5.41) is 21.2. The van der Waals surface area contributed by atoms with Gasteiger partial charge in [0, 0.05) is 60.3 Å². The lowest BCUT2D eigenvalue weighted by molar-refractivity contribution is -0.438. The highest BCUT2D eigenvalue weighted by molar-refractivity contribution is 6.08. The summed E-state index contributed by atoms with van der Waals surface area (Å²) in [6.07, 6.45) is 20.3. The van der Waals surface area contributed by atoms with Crippen LogP contribution in [0.25, 0.3) is 16.3 Å². The quantitative estimate of drug-likeness (QED) is 0.0492. The third-order valence-electron chi connectivity index (χ3n) is 13.6. The molecule has 6 heteroatoms. The van der Waals surface area contributed by atoms with Crippen molar-refractivity contribution >= 4 is 39.7 Å². The first-order valence-electron chi connectivity index (χ1n) is 23.0. The number of rotatable bonds is 19. The minimum atomic E-state index is -0.738. The minimum absolute atomic E-state index is 0.196. The summed E-state index contributed by atoms with van der Waals surface area (Å²) < 4.78 is 2.50. The van der Waals surface area contributed by atoms with E-state index >= 15 is 0 Å². The third kappa shape index (κ3) is 9.27. The van der Waals surface area contributed by atoms with Crippen LogP contribution in [0.1, 0.15) is 99.5 Å². The number of carboxylic acid groups (broad SMARTS) is 2. The topological polar surface area (TPSA) is 80.9 Å². The van der Waals surface area contributed by atoms with Gasteiger partial charge in [0.1, 0.15) is 6.54 Å². The number of aryl methyl sites for hydroxylation is 1. The molecule has 322 valence electrons. The van der Waals surface area contributed by atoms with E-state index in [2.05, 4.69) is 175 Å². The van der Waals surface area contributed by atoms with E-state index in [-0.39, 0.29) is 23.7 Å². The molecule has 0 amide bonds. The van der Waals surface area contributed by atoms with E-state index in [1.54, 1.807) is 0 Å². The smallest absolute Gasteiger partial charge is 0.303 e. The highest BCUT2D eigenvalue weighted by Crippen LogP contribution is 2.57. The van der Waals surface area contributed by atoms with Crippen LogP contribution in [-0.2, 0) is 34.3 Å². The molecule has 0 saturated heterocycles. The van der Waals surface area contributed by atoms with E-state index in [1.807, 2.05) is 0 Å². The van der Waals surface area contributed by atoms with Crippen LogP contribution in [0.4, 0.5) is 5.69 Å². The first-order chi connectivity index (χ1) is 30.7. The number of nitrogens with zero attached hydrogens (tertiary/aromatic N) is 2. The molecule has 0 bridgehead atoms. The van der Waals surface area contributed by atoms with Crippen LogP contribution in [0.5, 0.6) is 0 Å². The molecule has 1 aliphatic carbocycles. The highest BCUT2D eigenvalue weighted by Gasteiger charge is 2.49. The number of unbranched alkanes of at least 4 members (excludes halogenated alkanes) is 4. The molecule has 2 aliphatic heterocycles. The molecular weight excluding hydrogens is 777 g/mol. The summed E-state index contributed by atoms with van der Waals surface area (Å²) >= 11 is 0. The molecule has 63 heavy (non-hydrogen) atoms. The summed E-state index contributed by atoms with van der Waals surface area (Å²) in [7, 11) is 0. The average molecular weight is 838 g/mol. The van der Waals surface area contributed by atoms with Gasteiger partial charge in [0.2, 0.25) is 5.69 Å². The van der Waals surface area contributed by atoms with Gasteiger partial charge in [0.25, 0.3) is 0 Å². The number of allylic oxidation sites excluding steroid dienone is 7. The Morgan fingerprint density at radius 3 is 2.00 bits per heavy atom. The minimum Gasteiger partial charge on any atom is -0.481 e. The molecule has 2 N–H and O–H groups in total. The fourth-order valence-corrected chi connectivity index (χ4v) is 10.8. The van der Waals surface area contributed by atoms with E-state index in [1.165, 1.54) is 67.0 Å². The number of hydrogen-bond acceptors (Lipinski definition) is 3. The largest absolute Gasteiger partial charge is 0.481 e. The van der Waals surface area contributed by atoms with Crippen LogP contribution in [0, 0.1) is 5.41 Å². The SMILES string of the molecule is CC1(Cc2ccccc2)C2=C(CCc3ccccc32)N(CCCCCC(=O)O)\C1=C/C=C/C=C/C1=[N+](CCCCCC(=O)O)c2ccc3ccccc3c2C1(C)Cc1ccccc1. The van der Waals surface area contributed by atoms with Crippen molar-refractivity contribution in [3.63, 3.8) is 0 Å². The average Bonchev–Trinajstić information content (AvgIpc) is 3.66. The summed E-state index contributed by atoms with van der Waals surface area (Å²) in [6.45, 7) is 6.48. The predicted molar refractivity (Wildman–Crippen MR) is 256 cm³/mol. The van der Waals surface area contributed by atoms with E-state index in [4.69, 9.17) is 0 Å². The van der Waals surface area contributed by atoms with Gasteiger partial charge in [-0.15, -0.1) is 0 Å². The van der Waals surface area contributed by atoms with Crippen LogP contribution >= 0.6 is 0 Å². The molecular formula is C57H61N2O4+. The van der Waals surface area contributed by atoms with Crippen molar-refractivity contribution in [2.24, 2.45) is 5.41 Å². The van der Waals surface area contributed by atoms with Crippen LogP contribution in [0.15, 0.2) is 163 Å². The molecule has 5 aromatic rings. The van der Waals surface area contributed by atoms with Gasteiger partial charge in [-0.05, 0) is 116 Å². The Morgan fingerprint density at radius 1 is 0.651 bits per heavy atom. The molecule has 0 fully saturated rings. The first-order valence-corrected chi connectivity index (χ1v) is 23.0. The van der Waals surface area contributed by atoms with Gasteiger partial charge in [-0.3, -0.25) is 9.59 Å². The molecule has 6 nitrogen and oxygen atoms in total. The number of carboxylic acids is 2. The van der Waals surface area contributed by atoms with E-state index in [0.717, 1.165) is 64.5 Å². The molecule has 8 rings (SSSR count). The summed E-state index contributed by atoms with van der Waals surface area (Å²) in [5.41, 5.74) is 12.7. The summed E-state index contributed by atoms with van der Waals surface area (Å²) in [6, 6.07) is 43.8. The number of fused-ring (bicyclic) bond motifs is 5. The van der Waals surface area contributed by atoms with E-state index < -0.39 is 11.9 Å². The molecule has 0 spiro atoms. The highest BCUT2D eigenvalue weighted by atomic mass is 16.4. The monoisotopic (exact) mass is 837 g/mol. The summed E-state index contributed by atoms with van der Waals surface area (Å²) in [4.78, 5) is 25.3. The first kappa shape index (κ1) is 43.4. The Morgan fingerprint density at radius 2 is 1.29 bits per heavy atom. The van der Waals surface area contributed by atoms with Crippen molar-refractivity contribution in [2.75, 3.05) is 13.1 Å². The number of hydrogen-bond donors (Lipinski definition) is 2. The Bertz CT molecular complexity index is 2620. The Hall–Kier alpha value is -6.27. The van der Waals surface area contributed by atoms with Crippen LogP contribution in [0.2, 0.25) is 0 Å². The molecule has 5 aromatic carbocycles. The Labute approximate surface area is 373 Å². The second kappa shape index (κ2) is 19.4. The molecule has 2 atom stereocenters. The number of carbonyl (C=O) groups is 2. The third-order valence-corrected chi connectivity index (χ3v) is 13.6. The van der Waals surface area contributed by atoms with Crippen LogP contribution in [0.3, 0.4) is 0 Å². The lowest BCUT2D eigenvalue weighted by atomic mass is 9.70. The van der Waals surface area contributed by atoms with Crippen molar-refractivity contribution in [3.05, 3.63) is 191 Å². The fourth-order valence-electron chi connectivity index (χ4n) is 10.8. The van der Waals surface area contributed by atoms with Crippen molar-refractivity contribution in [1.82, 2.24) is 4.90 Å². The van der Waals surface area contributed by atoms with Gasteiger partial charge in [0.15, 0.2) is 5.71 Å². The van der Waals surface area contributed by atoms with Crippen molar-refractivity contribution in [3.8, 4) is 0 Å². The fraction of sp³-hybridized carbons (Fsp3) is 0.316. The van der Waals surface area contributed by atoms with Gasteiger partial charge >= 0.3 is 11.9 Å². The number of aliphatic carboxylic acids is 2. The van der Waals surface area contributed by atoms with Crippen LogP contribution < -0.4 is 0 Å². The zero-order valence-electron chi connectivity index (χ0n) is 36.9. The van der Waals surface area contributed by atoms with Gasteiger partial charge in [0.05, 0.1) is 5.41 Å². The number of benzene rings is 5. The van der Waals surface area contributed by atoms with Gasteiger partial charge in [-0.1, -0.05) is 134 Å². The summed E-state index contributed by atoms with van der Waals surface area (Å²) in [5.74, 6) is -1.47. The van der Waals surface area contributed by atoms with Gasteiger partial charge < -0.3 is 15.1 Å². The van der Waals surface area contributed by atoms with Gasteiger partial charge in [-0.25, -0.2) is 0 Å². The zero-order valence-corrected chi connectivity index (χ0v) is 36.9. The van der Waals surface area contributed by atoms with E-state index in [0.29, 0.717) is 12.8 Å². The molecule has 0 radical (unpaired) electrons. The normalized spacial score (nSPS) is 20.0. The maximum atomic E-state index is 11.4. The van der Waals surface area contributed by atoms with Crippen molar-refractivity contribution in [2.45, 2.75) is 96.3 Å². The predicted octanol–water partition coefficient (Wildman–Crippen LogP) is 12.6. The van der Waals surface area contributed by atoms with Crippen molar-refractivity contribution < 1.29 is 24.4 Å². The van der Waals surface area contributed by atoms with Crippen molar-refractivity contribution in [1.29, 1.82) is 0 Å². The van der Waals surface area contributed by atoms with Gasteiger partial charge in [-0.2, -0.15) is 4.58 Å². The molecule has 0 aromatic heterocycles. The maximum absolute atomic E-state index is 11.4. The molecule has 3 aliphatic rings. The lowest BCUT2D eigenvalue weighted by Crippen LogP contribution is -2.34. The molecule has 0 saturated carbocycles. The van der Waals surface area contributed by atoms with Crippen LogP contribution in [-0.4, -0.2) is 50.4 Å². The maximum Gasteiger partial charge on any atom is 0.303 e. The molecule has 2 unspecified atom stereocenters. The van der Waals surface area contributed by atoms with E-state index in [9.17, 15) is 19.8 Å². The molecule has 2 heterocycles.